The van der Waals surface area contributed by atoms with E-state index in [1.54, 1.807) is 0 Å². The van der Waals surface area contributed by atoms with Gasteiger partial charge in [-0.15, -0.1) is 0 Å². The molecule has 0 aromatic carbocycles. The standard InChI is InChI=1S/C9H13N5O4/c1-5(14-4-11-3-12-14)8(16)13-6(9(17)18)2-7(10)15/h3-6H,2H2,1H3,(H2,10,15)(H,13,16)(H,17,18)/t5?,6-/m0/s1. The number of primary amides is 1. The van der Waals surface area contributed by atoms with E-state index >= 15 is 0 Å². The van der Waals surface area contributed by atoms with Gasteiger partial charge in [0.25, 0.3) is 0 Å². The maximum Gasteiger partial charge on any atom is 0.326 e. The molecule has 18 heavy (non-hydrogen) atoms. The number of carboxylic acids is 1. The summed E-state index contributed by atoms with van der Waals surface area (Å²) in [5.74, 6) is -2.72. The number of nitrogens with one attached hydrogen (secondary N) is 1. The molecule has 0 aliphatic heterocycles. The van der Waals surface area contributed by atoms with Gasteiger partial charge in [0.15, 0.2) is 0 Å². The molecule has 0 spiro atoms. The lowest BCUT2D eigenvalue weighted by molar-refractivity contribution is -0.143. The van der Waals surface area contributed by atoms with E-state index in [1.165, 1.54) is 24.3 Å². The van der Waals surface area contributed by atoms with Crippen molar-refractivity contribution in [3.8, 4) is 0 Å². The summed E-state index contributed by atoms with van der Waals surface area (Å²) in [4.78, 5) is 36.9. The van der Waals surface area contributed by atoms with Crippen molar-refractivity contribution < 1.29 is 19.5 Å². The molecule has 98 valence electrons. The predicted molar refractivity (Wildman–Crippen MR) is 58.1 cm³/mol. The van der Waals surface area contributed by atoms with Gasteiger partial charge in [-0.25, -0.2) is 14.5 Å². The Labute approximate surface area is 102 Å². The minimum atomic E-state index is -1.35. The number of carboxylic acid groups (broad SMARTS) is 1. The zero-order chi connectivity index (χ0) is 13.7. The van der Waals surface area contributed by atoms with Crippen LogP contribution >= 0.6 is 0 Å². The monoisotopic (exact) mass is 255 g/mol. The highest BCUT2D eigenvalue weighted by molar-refractivity contribution is 5.89. The van der Waals surface area contributed by atoms with Crippen LogP contribution in [0.15, 0.2) is 12.7 Å². The topological polar surface area (TPSA) is 140 Å². The van der Waals surface area contributed by atoms with Crippen molar-refractivity contribution in [2.24, 2.45) is 5.73 Å². The summed E-state index contributed by atoms with van der Waals surface area (Å²) >= 11 is 0. The van der Waals surface area contributed by atoms with Crippen LogP contribution in [0, 0.1) is 0 Å². The van der Waals surface area contributed by atoms with Crippen LogP contribution in [0.4, 0.5) is 0 Å². The van der Waals surface area contributed by atoms with E-state index in [9.17, 15) is 14.4 Å². The molecule has 0 radical (unpaired) electrons. The molecule has 1 aromatic heterocycles. The van der Waals surface area contributed by atoms with Crippen molar-refractivity contribution >= 4 is 17.8 Å². The van der Waals surface area contributed by atoms with E-state index in [0.29, 0.717) is 0 Å². The summed E-state index contributed by atoms with van der Waals surface area (Å²) in [5, 5.41) is 14.8. The summed E-state index contributed by atoms with van der Waals surface area (Å²) in [7, 11) is 0. The first-order chi connectivity index (χ1) is 8.41. The quantitative estimate of drug-likeness (QED) is 0.552. The number of carbonyl (C=O) groups is 3. The van der Waals surface area contributed by atoms with Crippen molar-refractivity contribution in [2.75, 3.05) is 0 Å². The van der Waals surface area contributed by atoms with Crippen LogP contribution in [-0.2, 0) is 14.4 Å². The average molecular weight is 255 g/mol. The van der Waals surface area contributed by atoms with Gasteiger partial charge in [-0.3, -0.25) is 9.59 Å². The maximum atomic E-state index is 11.7. The zero-order valence-electron chi connectivity index (χ0n) is 9.61. The van der Waals surface area contributed by atoms with Gasteiger partial charge in [-0.05, 0) is 6.92 Å². The fraction of sp³-hybridized carbons (Fsp3) is 0.444. The first kappa shape index (κ1) is 13.6. The summed E-state index contributed by atoms with van der Waals surface area (Å²) in [5.41, 5.74) is 4.90. The molecule has 2 amide bonds. The number of nitrogens with zero attached hydrogens (tertiary/aromatic N) is 3. The lowest BCUT2D eigenvalue weighted by Crippen LogP contribution is -2.45. The van der Waals surface area contributed by atoms with Crippen LogP contribution in [-0.4, -0.2) is 43.7 Å². The van der Waals surface area contributed by atoms with Crippen LogP contribution in [0.2, 0.25) is 0 Å². The molecule has 1 heterocycles. The third-order valence-corrected chi connectivity index (χ3v) is 2.23. The Morgan fingerprint density at radius 2 is 2.17 bits per heavy atom. The molecule has 2 atom stereocenters. The van der Waals surface area contributed by atoms with Gasteiger partial charge in [0.2, 0.25) is 11.8 Å². The molecule has 1 aromatic rings. The minimum Gasteiger partial charge on any atom is -0.480 e. The minimum absolute atomic E-state index is 0.467. The number of aliphatic carboxylic acids is 1. The molecule has 0 saturated carbocycles. The Kier molecular flexibility index (Phi) is 4.35. The molecule has 1 rings (SSSR count). The summed E-state index contributed by atoms with van der Waals surface area (Å²) in [6.45, 7) is 1.52. The molecule has 0 saturated heterocycles. The molecule has 0 fully saturated rings. The third-order valence-electron chi connectivity index (χ3n) is 2.23. The second-order valence-electron chi connectivity index (χ2n) is 3.62. The molecular formula is C9H13N5O4. The second kappa shape index (κ2) is 5.75. The zero-order valence-corrected chi connectivity index (χ0v) is 9.61. The number of carbonyl (C=O) groups excluding carboxylic acids is 2. The van der Waals surface area contributed by atoms with Crippen LogP contribution < -0.4 is 11.1 Å². The number of rotatable bonds is 6. The Morgan fingerprint density at radius 1 is 1.50 bits per heavy atom. The summed E-state index contributed by atoms with van der Waals surface area (Å²) in [6.07, 6.45) is 2.11. The van der Waals surface area contributed by atoms with Crippen LogP contribution in [0.25, 0.3) is 0 Å². The van der Waals surface area contributed by atoms with Crippen molar-refractivity contribution in [2.45, 2.75) is 25.4 Å². The van der Waals surface area contributed by atoms with Gasteiger partial charge in [0.05, 0.1) is 6.42 Å². The van der Waals surface area contributed by atoms with E-state index < -0.39 is 36.3 Å². The highest BCUT2D eigenvalue weighted by Gasteiger charge is 2.25. The van der Waals surface area contributed by atoms with Gasteiger partial charge < -0.3 is 16.2 Å². The second-order valence-corrected chi connectivity index (χ2v) is 3.62. The Balaban J connectivity index is 2.66. The third kappa shape index (κ3) is 3.54. The van der Waals surface area contributed by atoms with E-state index in [1.807, 2.05) is 0 Å². The Bertz CT molecular complexity index is 444. The lowest BCUT2D eigenvalue weighted by atomic mass is 10.2. The van der Waals surface area contributed by atoms with Crippen LogP contribution in [0.3, 0.4) is 0 Å². The van der Waals surface area contributed by atoms with Crippen molar-refractivity contribution in [1.29, 1.82) is 0 Å². The number of aromatic nitrogens is 3. The summed E-state index contributed by atoms with van der Waals surface area (Å²) in [6, 6.07) is -2.08. The fourth-order valence-corrected chi connectivity index (χ4v) is 1.23. The highest BCUT2D eigenvalue weighted by Crippen LogP contribution is 2.03. The van der Waals surface area contributed by atoms with Crippen LogP contribution in [0.1, 0.15) is 19.4 Å². The van der Waals surface area contributed by atoms with Gasteiger partial charge in [-0.1, -0.05) is 0 Å². The van der Waals surface area contributed by atoms with Gasteiger partial charge in [0.1, 0.15) is 24.7 Å². The molecule has 4 N–H and O–H groups in total. The smallest absolute Gasteiger partial charge is 0.326 e. The molecule has 9 heteroatoms. The molecular weight excluding hydrogens is 242 g/mol. The average Bonchev–Trinajstić information content (AvgIpc) is 2.79. The predicted octanol–water partition coefficient (Wildman–Crippen LogP) is -1.72. The van der Waals surface area contributed by atoms with Gasteiger partial charge >= 0.3 is 5.97 Å². The molecule has 0 bridgehead atoms. The lowest BCUT2D eigenvalue weighted by Gasteiger charge is -2.16. The normalized spacial score (nSPS) is 13.6. The van der Waals surface area contributed by atoms with Crippen LogP contribution in [0.5, 0.6) is 0 Å². The molecule has 1 unspecified atom stereocenters. The van der Waals surface area contributed by atoms with E-state index in [2.05, 4.69) is 15.4 Å². The first-order valence-corrected chi connectivity index (χ1v) is 5.07. The van der Waals surface area contributed by atoms with E-state index in [0.717, 1.165) is 0 Å². The number of hydrogen-bond acceptors (Lipinski definition) is 5. The molecule has 0 aliphatic rings. The molecule has 9 nitrogen and oxygen atoms in total. The van der Waals surface area contributed by atoms with Gasteiger partial charge in [0, 0.05) is 0 Å². The number of amides is 2. The highest BCUT2D eigenvalue weighted by atomic mass is 16.4. The first-order valence-electron chi connectivity index (χ1n) is 5.07. The number of nitrogens with two attached hydrogens (primary N) is 1. The van der Waals surface area contributed by atoms with Crippen molar-refractivity contribution in [3.05, 3.63) is 12.7 Å². The summed E-state index contributed by atoms with van der Waals surface area (Å²) < 4.78 is 1.26. The van der Waals surface area contributed by atoms with Crippen molar-refractivity contribution in [1.82, 2.24) is 20.1 Å². The fourth-order valence-electron chi connectivity index (χ4n) is 1.23. The number of hydrogen-bond donors (Lipinski definition) is 3. The van der Waals surface area contributed by atoms with Crippen molar-refractivity contribution in [3.63, 3.8) is 0 Å². The van der Waals surface area contributed by atoms with E-state index in [-0.39, 0.29) is 0 Å². The van der Waals surface area contributed by atoms with E-state index in [4.69, 9.17) is 10.8 Å². The SMILES string of the molecule is CC(C(=O)N[C@@H](CC(N)=O)C(=O)O)n1cncn1. The Morgan fingerprint density at radius 3 is 2.61 bits per heavy atom. The maximum absolute atomic E-state index is 11.7. The largest absolute Gasteiger partial charge is 0.480 e. The molecule has 0 aliphatic carbocycles. The van der Waals surface area contributed by atoms with Gasteiger partial charge in [-0.2, -0.15) is 5.10 Å². The Hall–Kier alpha value is -2.45.